The number of carbonyl (C=O) groups excluding carboxylic acids is 3. The maximum Gasteiger partial charge on any atom is 0.255 e. The second-order valence-electron chi connectivity index (χ2n) is 9.26. The van der Waals surface area contributed by atoms with Crippen molar-refractivity contribution in [3.63, 3.8) is 0 Å². The number of nitrogens with one attached hydrogen (secondary N) is 2. The van der Waals surface area contributed by atoms with Crippen LogP contribution in [-0.2, 0) is 0 Å². The molecule has 2 N–H and O–H groups in total. The van der Waals surface area contributed by atoms with Gasteiger partial charge in [-0.05, 0) is 48.5 Å². The van der Waals surface area contributed by atoms with E-state index >= 15 is 0 Å². The molecule has 2 aliphatic rings. The molecule has 0 unspecified atom stereocenters. The van der Waals surface area contributed by atoms with Crippen LogP contribution in [0.2, 0.25) is 5.02 Å². The highest BCUT2D eigenvalue weighted by atomic mass is 35.5. The van der Waals surface area contributed by atoms with Gasteiger partial charge >= 0.3 is 0 Å². The molecule has 3 aromatic rings. The number of rotatable bonds is 5. The van der Waals surface area contributed by atoms with E-state index in [4.69, 9.17) is 11.6 Å². The van der Waals surface area contributed by atoms with Gasteiger partial charge in [0.25, 0.3) is 17.7 Å². The molecule has 0 spiro atoms. The third-order valence-corrected chi connectivity index (χ3v) is 7.03. The molecule has 3 amide bonds. The maximum atomic E-state index is 13.2. The normalized spacial score (nSPS) is 15.8. The van der Waals surface area contributed by atoms with Gasteiger partial charge in [-0.3, -0.25) is 19.4 Å². The standard InChI is InChI=1S/C28H29ClN6O3/c29-23-5-1-3-20(17-23)26(36)32-24-18-21(27(37)34-11-9-30-10-12-34)6-7-25(24)33-13-15-35(16-14-33)28(38)22-4-2-8-31-19-22/h1-8,17-19,30H,9-16H2,(H,32,36). The molecule has 2 aromatic carbocycles. The predicted octanol–water partition coefficient (Wildman–Crippen LogP) is 3.00. The zero-order valence-corrected chi connectivity index (χ0v) is 21.7. The van der Waals surface area contributed by atoms with Crippen LogP contribution in [0.3, 0.4) is 0 Å². The molecule has 2 aliphatic heterocycles. The van der Waals surface area contributed by atoms with E-state index in [1.807, 2.05) is 17.0 Å². The molecule has 10 heteroatoms. The van der Waals surface area contributed by atoms with Crippen LogP contribution in [0.15, 0.2) is 67.0 Å². The third kappa shape index (κ3) is 5.79. The minimum absolute atomic E-state index is 0.0517. The molecule has 0 aliphatic carbocycles. The van der Waals surface area contributed by atoms with Gasteiger partial charge in [0, 0.05) is 80.9 Å². The first-order valence-corrected chi connectivity index (χ1v) is 13.0. The minimum atomic E-state index is -0.314. The third-order valence-electron chi connectivity index (χ3n) is 6.80. The van der Waals surface area contributed by atoms with Gasteiger partial charge in [0.15, 0.2) is 0 Å². The number of hydrogen-bond donors (Lipinski definition) is 2. The van der Waals surface area contributed by atoms with E-state index in [1.165, 1.54) is 0 Å². The highest BCUT2D eigenvalue weighted by Crippen LogP contribution is 2.30. The minimum Gasteiger partial charge on any atom is -0.366 e. The quantitative estimate of drug-likeness (QED) is 0.524. The Morgan fingerprint density at radius 3 is 2.21 bits per heavy atom. The van der Waals surface area contributed by atoms with Crippen LogP contribution in [0, 0.1) is 0 Å². The molecule has 2 fully saturated rings. The molecule has 9 nitrogen and oxygen atoms in total. The van der Waals surface area contributed by atoms with E-state index in [0.717, 1.165) is 18.8 Å². The maximum absolute atomic E-state index is 13.2. The fourth-order valence-corrected chi connectivity index (χ4v) is 4.93. The highest BCUT2D eigenvalue weighted by molar-refractivity contribution is 6.31. The largest absolute Gasteiger partial charge is 0.366 e. The lowest BCUT2D eigenvalue weighted by Gasteiger charge is -2.37. The van der Waals surface area contributed by atoms with Crippen molar-refractivity contribution in [2.24, 2.45) is 0 Å². The SMILES string of the molecule is O=C(Nc1cc(C(=O)N2CCNCC2)ccc1N1CCN(C(=O)c2cccnc2)CC1)c1cccc(Cl)c1. The van der Waals surface area contributed by atoms with Crippen molar-refractivity contribution in [2.45, 2.75) is 0 Å². The summed E-state index contributed by atoms with van der Waals surface area (Å²) in [5.74, 6) is -0.432. The van der Waals surface area contributed by atoms with Gasteiger partial charge in [0.2, 0.25) is 0 Å². The number of benzene rings is 2. The number of amides is 3. The monoisotopic (exact) mass is 532 g/mol. The molecular formula is C28H29ClN6O3. The smallest absolute Gasteiger partial charge is 0.255 e. The zero-order chi connectivity index (χ0) is 26.5. The second kappa shape index (κ2) is 11.6. The van der Waals surface area contributed by atoms with Gasteiger partial charge in [-0.25, -0.2) is 0 Å². The van der Waals surface area contributed by atoms with Gasteiger partial charge < -0.3 is 25.3 Å². The van der Waals surface area contributed by atoms with E-state index in [1.54, 1.807) is 59.8 Å². The summed E-state index contributed by atoms with van der Waals surface area (Å²) in [5.41, 5.74) is 2.84. The van der Waals surface area contributed by atoms with Crippen LogP contribution in [0.1, 0.15) is 31.1 Å². The van der Waals surface area contributed by atoms with Crippen LogP contribution in [-0.4, -0.2) is 84.9 Å². The Kier molecular flexibility index (Phi) is 7.86. The lowest BCUT2D eigenvalue weighted by molar-refractivity contribution is 0.0731. The van der Waals surface area contributed by atoms with Gasteiger partial charge in [-0.2, -0.15) is 0 Å². The average Bonchev–Trinajstić information content (AvgIpc) is 2.97. The number of pyridine rings is 1. The Morgan fingerprint density at radius 1 is 0.789 bits per heavy atom. The van der Waals surface area contributed by atoms with Gasteiger partial charge in [0.05, 0.1) is 16.9 Å². The van der Waals surface area contributed by atoms with Crippen LogP contribution in [0.25, 0.3) is 0 Å². The molecule has 0 saturated carbocycles. The summed E-state index contributed by atoms with van der Waals surface area (Å²) in [7, 11) is 0. The fraction of sp³-hybridized carbons (Fsp3) is 0.286. The first kappa shape index (κ1) is 25.7. The summed E-state index contributed by atoms with van der Waals surface area (Å²) in [6.45, 7) is 4.99. The summed E-state index contributed by atoms with van der Waals surface area (Å²) in [4.78, 5) is 49.0. The molecule has 5 rings (SSSR count). The van der Waals surface area contributed by atoms with Gasteiger partial charge in [-0.1, -0.05) is 17.7 Å². The number of halogens is 1. The second-order valence-corrected chi connectivity index (χ2v) is 9.70. The Balaban J connectivity index is 1.37. The van der Waals surface area contributed by atoms with Crippen LogP contribution < -0.4 is 15.5 Å². The number of aromatic nitrogens is 1. The van der Waals surface area contributed by atoms with Crippen LogP contribution in [0.4, 0.5) is 11.4 Å². The summed E-state index contributed by atoms with van der Waals surface area (Å²) < 4.78 is 0. The summed E-state index contributed by atoms with van der Waals surface area (Å²) in [6, 6.07) is 15.7. The van der Waals surface area contributed by atoms with E-state index in [2.05, 4.69) is 20.5 Å². The molecule has 1 aromatic heterocycles. The van der Waals surface area contributed by atoms with Gasteiger partial charge in [-0.15, -0.1) is 0 Å². The van der Waals surface area contributed by atoms with Gasteiger partial charge in [0.1, 0.15) is 0 Å². The topological polar surface area (TPSA) is 97.9 Å². The first-order valence-electron chi connectivity index (χ1n) is 12.6. The molecule has 0 bridgehead atoms. The molecule has 38 heavy (non-hydrogen) atoms. The highest BCUT2D eigenvalue weighted by Gasteiger charge is 2.26. The molecule has 3 heterocycles. The van der Waals surface area contributed by atoms with E-state index in [0.29, 0.717) is 66.7 Å². The van der Waals surface area contributed by atoms with E-state index < -0.39 is 0 Å². The number of hydrogen-bond acceptors (Lipinski definition) is 6. The predicted molar refractivity (Wildman–Crippen MR) is 147 cm³/mol. The lowest BCUT2D eigenvalue weighted by atomic mass is 10.1. The van der Waals surface area contributed by atoms with E-state index in [9.17, 15) is 14.4 Å². The summed E-state index contributed by atoms with van der Waals surface area (Å²) >= 11 is 6.10. The molecule has 0 atom stereocenters. The van der Waals surface area contributed by atoms with Crippen LogP contribution in [0.5, 0.6) is 0 Å². The first-order chi connectivity index (χ1) is 18.5. The zero-order valence-electron chi connectivity index (χ0n) is 20.9. The van der Waals surface area contributed by atoms with Crippen molar-refractivity contribution in [3.05, 3.63) is 88.7 Å². The fourth-order valence-electron chi connectivity index (χ4n) is 4.74. The molecule has 0 radical (unpaired) electrons. The van der Waals surface area contributed by atoms with Crippen molar-refractivity contribution in [3.8, 4) is 0 Å². The summed E-state index contributed by atoms with van der Waals surface area (Å²) in [6.07, 6.45) is 3.22. The number of anilines is 2. The number of carbonyl (C=O) groups is 3. The Labute approximate surface area is 226 Å². The summed E-state index contributed by atoms with van der Waals surface area (Å²) in [5, 5.41) is 6.72. The lowest BCUT2D eigenvalue weighted by Crippen LogP contribution is -2.49. The van der Waals surface area contributed by atoms with E-state index in [-0.39, 0.29) is 17.7 Å². The van der Waals surface area contributed by atoms with Crippen molar-refractivity contribution in [1.82, 2.24) is 20.1 Å². The molecule has 196 valence electrons. The van der Waals surface area contributed by atoms with Crippen molar-refractivity contribution in [1.29, 1.82) is 0 Å². The number of piperazine rings is 2. The van der Waals surface area contributed by atoms with Crippen molar-refractivity contribution in [2.75, 3.05) is 62.6 Å². The average molecular weight is 533 g/mol. The van der Waals surface area contributed by atoms with Crippen molar-refractivity contribution < 1.29 is 14.4 Å². The Morgan fingerprint density at radius 2 is 1.50 bits per heavy atom. The Bertz CT molecular complexity index is 1320. The Hall–Kier alpha value is -3.95. The van der Waals surface area contributed by atoms with Crippen molar-refractivity contribution >= 4 is 40.7 Å². The molecular weight excluding hydrogens is 504 g/mol. The number of nitrogens with zero attached hydrogens (tertiary/aromatic N) is 4. The van der Waals surface area contributed by atoms with Crippen LogP contribution >= 0.6 is 11.6 Å². The molecule has 2 saturated heterocycles.